The summed E-state index contributed by atoms with van der Waals surface area (Å²) >= 11 is 0. The Morgan fingerprint density at radius 2 is 2.00 bits per heavy atom. The van der Waals surface area contributed by atoms with Gasteiger partial charge in [-0.05, 0) is 13.8 Å². The smallest absolute Gasteiger partial charge is 0.234 e. The molecule has 0 atom stereocenters. The Bertz CT molecular complexity index is 163. The number of carbonyl (C=O) groups excluding carboxylic acids is 1. The van der Waals surface area contributed by atoms with Gasteiger partial charge in [-0.25, -0.2) is 0 Å². The zero-order chi connectivity index (χ0) is 11.5. The molecule has 0 aromatic rings. The van der Waals surface area contributed by atoms with Gasteiger partial charge >= 0.3 is 0 Å². The number of amides is 1. The fourth-order valence-electron chi connectivity index (χ4n) is 0.964. The van der Waals surface area contributed by atoms with Crippen molar-refractivity contribution in [2.24, 2.45) is 0 Å². The summed E-state index contributed by atoms with van der Waals surface area (Å²) in [5, 5.41) is 5.78. The Balaban J connectivity index is 3.13. The van der Waals surface area contributed by atoms with E-state index in [0.717, 1.165) is 0 Å². The first-order valence-corrected chi connectivity index (χ1v) is 5.23. The Morgan fingerprint density at radius 1 is 1.27 bits per heavy atom. The average molecular weight is 218 g/mol. The number of hydrogen-bond acceptors (Lipinski definition) is 4. The number of hydrogen-bond donors (Lipinski definition) is 2. The van der Waals surface area contributed by atoms with E-state index in [1.807, 2.05) is 13.8 Å². The molecule has 0 heterocycles. The normalized spacial score (nSPS) is 10.7. The van der Waals surface area contributed by atoms with Gasteiger partial charge in [-0.2, -0.15) is 0 Å². The predicted octanol–water partition coefficient (Wildman–Crippen LogP) is -0.236. The number of methoxy groups -OCH3 is 1. The number of nitrogens with one attached hydrogen (secondary N) is 2. The van der Waals surface area contributed by atoms with Gasteiger partial charge < -0.3 is 20.1 Å². The molecule has 2 N–H and O–H groups in total. The van der Waals surface area contributed by atoms with Crippen molar-refractivity contribution in [2.45, 2.75) is 19.9 Å². The first kappa shape index (κ1) is 14.3. The van der Waals surface area contributed by atoms with Crippen molar-refractivity contribution < 1.29 is 14.3 Å². The molecule has 0 bridgehead atoms. The Morgan fingerprint density at radius 3 is 2.60 bits per heavy atom. The maximum Gasteiger partial charge on any atom is 0.234 e. The molecule has 0 saturated carbocycles. The molecule has 0 aliphatic rings. The standard InChI is InChI=1S/C10H22N2O3/c1-9(2)12-10(13)8-11-4-5-15-7-6-14-3/h9,11H,4-8H2,1-3H3,(H,12,13). The lowest BCUT2D eigenvalue weighted by Crippen LogP contribution is -2.38. The van der Waals surface area contributed by atoms with E-state index >= 15 is 0 Å². The van der Waals surface area contributed by atoms with Crippen LogP contribution in [0.5, 0.6) is 0 Å². The highest BCUT2D eigenvalue weighted by Crippen LogP contribution is 1.77. The Kier molecular flexibility index (Phi) is 9.46. The Labute approximate surface area is 91.5 Å². The van der Waals surface area contributed by atoms with Crippen LogP contribution >= 0.6 is 0 Å². The van der Waals surface area contributed by atoms with E-state index in [9.17, 15) is 4.79 Å². The number of rotatable bonds is 9. The van der Waals surface area contributed by atoms with Crippen LogP contribution in [0.2, 0.25) is 0 Å². The molecule has 0 radical (unpaired) electrons. The van der Waals surface area contributed by atoms with Gasteiger partial charge in [-0.15, -0.1) is 0 Å². The topological polar surface area (TPSA) is 59.6 Å². The second-order valence-electron chi connectivity index (χ2n) is 3.50. The van der Waals surface area contributed by atoms with Crippen LogP contribution in [0.15, 0.2) is 0 Å². The van der Waals surface area contributed by atoms with E-state index in [4.69, 9.17) is 9.47 Å². The van der Waals surface area contributed by atoms with E-state index in [0.29, 0.717) is 32.9 Å². The molecule has 0 aromatic heterocycles. The molecule has 1 amide bonds. The fraction of sp³-hybridized carbons (Fsp3) is 0.900. The number of ether oxygens (including phenoxy) is 2. The van der Waals surface area contributed by atoms with Crippen LogP contribution in [-0.2, 0) is 14.3 Å². The van der Waals surface area contributed by atoms with Crippen LogP contribution in [0.1, 0.15) is 13.8 Å². The summed E-state index contributed by atoms with van der Waals surface area (Å²) in [6.45, 7) is 6.68. The van der Waals surface area contributed by atoms with Crippen molar-refractivity contribution in [3.63, 3.8) is 0 Å². The van der Waals surface area contributed by atoms with Gasteiger partial charge in [0.25, 0.3) is 0 Å². The van der Waals surface area contributed by atoms with E-state index in [1.165, 1.54) is 0 Å². The van der Waals surface area contributed by atoms with Crippen molar-refractivity contribution in [3.05, 3.63) is 0 Å². The first-order valence-electron chi connectivity index (χ1n) is 5.23. The van der Waals surface area contributed by atoms with Crippen LogP contribution in [0.25, 0.3) is 0 Å². The molecule has 5 heteroatoms. The first-order chi connectivity index (χ1) is 7.16. The highest BCUT2D eigenvalue weighted by atomic mass is 16.5. The second-order valence-corrected chi connectivity index (χ2v) is 3.50. The molecule has 0 aliphatic heterocycles. The highest BCUT2D eigenvalue weighted by molar-refractivity contribution is 5.78. The summed E-state index contributed by atoms with van der Waals surface area (Å²) in [5.41, 5.74) is 0. The zero-order valence-electron chi connectivity index (χ0n) is 9.84. The van der Waals surface area contributed by atoms with Crippen LogP contribution in [-0.4, -0.2) is 52.0 Å². The minimum absolute atomic E-state index is 0.0156. The molecule has 0 fully saturated rings. The van der Waals surface area contributed by atoms with E-state index in [-0.39, 0.29) is 11.9 Å². The summed E-state index contributed by atoms with van der Waals surface area (Å²) in [6, 6.07) is 0.192. The largest absolute Gasteiger partial charge is 0.382 e. The van der Waals surface area contributed by atoms with E-state index in [1.54, 1.807) is 7.11 Å². The molecule has 15 heavy (non-hydrogen) atoms. The quantitative estimate of drug-likeness (QED) is 0.525. The maximum absolute atomic E-state index is 11.2. The van der Waals surface area contributed by atoms with Crippen LogP contribution in [0.3, 0.4) is 0 Å². The molecular weight excluding hydrogens is 196 g/mol. The summed E-state index contributed by atoms with van der Waals surface area (Å²) in [6.07, 6.45) is 0. The second kappa shape index (κ2) is 9.89. The lowest BCUT2D eigenvalue weighted by Gasteiger charge is -2.09. The van der Waals surface area contributed by atoms with E-state index in [2.05, 4.69) is 10.6 Å². The summed E-state index contributed by atoms with van der Waals surface area (Å²) < 4.78 is 10.0. The molecule has 0 aliphatic carbocycles. The van der Waals surface area contributed by atoms with Crippen molar-refractivity contribution in [2.75, 3.05) is 40.0 Å². The van der Waals surface area contributed by atoms with Gasteiger partial charge in [0, 0.05) is 19.7 Å². The third-order valence-corrected chi connectivity index (χ3v) is 1.59. The maximum atomic E-state index is 11.2. The third kappa shape index (κ3) is 11.3. The highest BCUT2D eigenvalue weighted by Gasteiger charge is 2.01. The molecule has 90 valence electrons. The van der Waals surface area contributed by atoms with Crippen molar-refractivity contribution in [3.8, 4) is 0 Å². The minimum atomic E-state index is 0.0156. The average Bonchev–Trinajstić information content (AvgIpc) is 2.15. The van der Waals surface area contributed by atoms with Gasteiger partial charge in [-0.3, -0.25) is 4.79 Å². The molecule has 0 saturated heterocycles. The lowest BCUT2D eigenvalue weighted by molar-refractivity contribution is -0.120. The van der Waals surface area contributed by atoms with Gasteiger partial charge in [0.2, 0.25) is 5.91 Å². The van der Waals surface area contributed by atoms with Crippen LogP contribution in [0.4, 0.5) is 0 Å². The minimum Gasteiger partial charge on any atom is -0.382 e. The fourth-order valence-corrected chi connectivity index (χ4v) is 0.964. The van der Waals surface area contributed by atoms with Gasteiger partial charge in [0.05, 0.1) is 26.4 Å². The van der Waals surface area contributed by atoms with E-state index < -0.39 is 0 Å². The SMILES string of the molecule is COCCOCCNCC(=O)NC(C)C. The van der Waals surface area contributed by atoms with Crippen molar-refractivity contribution >= 4 is 5.91 Å². The zero-order valence-corrected chi connectivity index (χ0v) is 9.84. The summed E-state index contributed by atoms with van der Waals surface area (Å²) in [7, 11) is 1.64. The molecule has 0 rings (SSSR count). The molecule has 0 unspecified atom stereocenters. The van der Waals surface area contributed by atoms with Gasteiger partial charge in [0.15, 0.2) is 0 Å². The Hall–Kier alpha value is -0.650. The molecule has 0 spiro atoms. The van der Waals surface area contributed by atoms with Gasteiger partial charge in [-0.1, -0.05) is 0 Å². The number of carbonyl (C=O) groups is 1. The van der Waals surface area contributed by atoms with Gasteiger partial charge in [0.1, 0.15) is 0 Å². The van der Waals surface area contributed by atoms with Crippen LogP contribution in [0, 0.1) is 0 Å². The summed E-state index contributed by atoms with van der Waals surface area (Å²) in [4.78, 5) is 11.2. The third-order valence-electron chi connectivity index (χ3n) is 1.59. The molecule has 0 aromatic carbocycles. The lowest BCUT2D eigenvalue weighted by atomic mass is 10.4. The monoisotopic (exact) mass is 218 g/mol. The van der Waals surface area contributed by atoms with Crippen molar-refractivity contribution in [1.29, 1.82) is 0 Å². The molecular formula is C10H22N2O3. The molecule has 5 nitrogen and oxygen atoms in total. The van der Waals surface area contributed by atoms with Crippen LogP contribution < -0.4 is 10.6 Å². The summed E-state index contributed by atoms with van der Waals surface area (Å²) in [5.74, 6) is 0.0156. The van der Waals surface area contributed by atoms with Crippen molar-refractivity contribution in [1.82, 2.24) is 10.6 Å². The predicted molar refractivity (Wildman–Crippen MR) is 58.8 cm³/mol.